The standard InChI is InChI=1S/C12H20O2Si/c1-5-13-10-14-11-8-6-7-9-12(11)15(2,3)4/h6-9H,5,10H2,1-4H3. The van der Waals surface area contributed by atoms with E-state index in [0.717, 1.165) is 5.75 Å². The summed E-state index contributed by atoms with van der Waals surface area (Å²) in [4.78, 5) is 0. The molecule has 3 heteroatoms. The second-order valence-corrected chi connectivity index (χ2v) is 9.54. The molecule has 1 aromatic carbocycles. The zero-order valence-corrected chi connectivity index (χ0v) is 11.0. The molecule has 0 aromatic heterocycles. The van der Waals surface area contributed by atoms with E-state index in [9.17, 15) is 0 Å². The maximum atomic E-state index is 5.62. The summed E-state index contributed by atoms with van der Waals surface area (Å²) in [5, 5.41) is 1.35. The molecule has 15 heavy (non-hydrogen) atoms. The molecular formula is C12H20O2Si. The quantitative estimate of drug-likeness (QED) is 0.435. The monoisotopic (exact) mass is 224 g/mol. The molecule has 0 radical (unpaired) electrons. The Hall–Kier alpha value is -0.803. The van der Waals surface area contributed by atoms with Crippen molar-refractivity contribution in [1.82, 2.24) is 0 Å². The van der Waals surface area contributed by atoms with Crippen LogP contribution in [0.25, 0.3) is 0 Å². The third-order valence-corrected chi connectivity index (χ3v) is 4.23. The molecule has 84 valence electrons. The predicted octanol–water partition coefficient (Wildman–Crippen LogP) is 2.60. The molecule has 0 bridgehead atoms. The van der Waals surface area contributed by atoms with E-state index in [2.05, 4.69) is 31.8 Å². The van der Waals surface area contributed by atoms with Crippen molar-refractivity contribution < 1.29 is 9.47 Å². The molecule has 0 saturated heterocycles. The molecule has 0 atom stereocenters. The lowest BCUT2D eigenvalue weighted by molar-refractivity contribution is 0.0230. The van der Waals surface area contributed by atoms with Crippen molar-refractivity contribution >= 4 is 13.3 Å². The number of hydrogen-bond acceptors (Lipinski definition) is 2. The Balaban J connectivity index is 2.78. The van der Waals surface area contributed by atoms with Gasteiger partial charge in [0.15, 0.2) is 6.79 Å². The van der Waals surface area contributed by atoms with Gasteiger partial charge >= 0.3 is 0 Å². The molecule has 0 aliphatic carbocycles. The Bertz CT molecular complexity index is 305. The molecule has 0 spiro atoms. The van der Waals surface area contributed by atoms with Crippen LogP contribution in [0.4, 0.5) is 0 Å². The van der Waals surface area contributed by atoms with E-state index in [4.69, 9.17) is 9.47 Å². The fourth-order valence-electron chi connectivity index (χ4n) is 1.40. The maximum absolute atomic E-state index is 5.62. The molecule has 0 heterocycles. The third-order valence-electron chi connectivity index (χ3n) is 2.20. The lowest BCUT2D eigenvalue weighted by Gasteiger charge is -2.20. The molecule has 0 saturated carbocycles. The van der Waals surface area contributed by atoms with E-state index >= 15 is 0 Å². The van der Waals surface area contributed by atoms with Gasteiger partial charge in [0.05, 0.1) is 8.07 Å². The Kier molecular flexibility index (Phi) is 4.36. The third kappa shape index (κ3) is 3.68. The van der Waals surface area contributed by atoms with Crippen molar-refractivity contribution in [3.05, 3.63) is 24.3 Å². The molecular weight excluding hydrogens is 204 g/mol. The first kappa shape index (κ1) is 12.3. The summed E-state index contributed by atoms with van der Waals surface area (Å²) in [6.45, 7) is 9.95. The van der Waals surface area contributed by atoms with Crippen molar-refractivity contribution in [2.24, 2.45) is 0 Å². The van der Waals surface area contributed by atoms with Crippen LogP contribution in [0.3, 0.4) is 0 Å². The van der Waals surface area contributed by atoms with Gasteiger partial charge in [-0.3, -0.25) is 0 Å². The molecule has 0 aliphatic heterocycles. The van der Waals surface area contributed by atoms with Gasteiger partial charge < -0.3 is 9.47 Å². The molecule has 1 rings (SSSR count). The SMILES string of the molecule is CCOCOc1ccccc1[Si](C)(C)C. The van der Waals surface area contributed by atoms with Gasteiger partial charge in [-0.2, -0.15) is 0 Å². The van der Waals surface area contributed by atoms with Crippen LogP contribution in [0.1, 0.15) is 6.92 Å². The molecule has 0 fully saturated rings. The van der Waals surface area contributed by atoms with Gasteiger partial charge in [-0.15, -0.1) is 0 Å². The molecule has 0 unspecified atom stereocenters. The summed E-state index contributed by atoms with van der Waals surface area (Å²) in [7, 11) is -1.32. The van der Waals surface area contributed by atoms with E-state index in [1.807, 2.05) is 19.1 Å². The maximum Gasteiger partial charge on any atom is 0.189 e. The average molecular weight is 224 g/mol. The Labute approximate surface area is 93.2 Å². The van der Waals surface area contributed by atoms with Crippen molar-refractivity contribution in [3.63, 3.8) is 0 Å². The van der Waals surface area contributed by atoms with Crippen molar-refractivity contribution in [2.45, 2.75) is 26.6 Å². The van der Waals surface area contributed by atoms with Gasteiger partial charge in [0.25, 0.3) is 0 Å². The fraction of sp³-hybridized carbons (Fsp3) is 0.500. The van der Waals surface area contributed by atoms with Crippen LogP contribution in [0, 0.1) is 0 Å². The van der Waals surface area contributed by atoms with Crippen LogP contribution in [0.15, 0.2) is 24.3 Å². The Morgan fingerprint density at radius 3 is 2.40 bits per heavy atom. The van der Waals surface area contributed by atoms with Gasteiger partial charge in [0, 0.05) is 6.61 Å². The molecule has 1 aromatic rings. The number of hydrogen-bond donors (Lipinski definition) is 0. The van der Waals surface area contributed by atoms with Crippen LogP contribution in [-0.4, -0.2) is 21.5 Å². The summed E-state index contributed by atoms with van der Waals surface area (Å²) in [5.41, 5.74) is 0. The number of para-hydroxylation sites is 1. The van der Waals surface area contributed by atoms with Gasteiger partial charge in [-0.05, 0) is 18.2 Å². The smallest absolute Gasteiger partial charge is 0.189 e. The number of rotatable bonds is 5. The minimum absolute atomic E-state index is 0.345. The first-order valence-electron chi connectivity index (χ1n) is 5.35. The highest BCUT2D eigenvalue weighted by Crippen LogP contribution is 2.13. The lowest BCUT2D eigenvalue weighted by atomic mass is 10.3. The number of benzene rings is 1. The zero-order chi connectivity index (χ0) is 11.3. The lowest BCUT2D eigenvalue weighted by Crippen LogP contribution is -2.38. The Morgan fingerprint density at radius 2 is 1.80 bits per heavy atom. The summed E-state index contributed by atoms with van der Waals surface area (Å²) in [6.07, 6.45) is 0. The highest BCUT2D eigenvalue weighted by molar-refractivity contribution is 6.89. The summed E-state index contributed by atoms with van der Waals surface area (Å²) in [6, 6.07) is 8.26. The highest BCUT2D eigenvalue weighted by Gasteiger charge is 2.20. The Morgan fingerprint density at radius 1 is 1.13 bits per heavy atom. The van der Waals surface area contributed by atoms with Crippen LogP contribution in [0.5, 0.6) is 5.75 Å². The number of ether oxygens (including phenoxy) is 2. The van der Waals surface area contributed by atoms with Gasteiger partial charge in [-0.1, -0.05) is 37.8 Å². The van der Waals surface area contributed by atoms with Crippen molar-refractivity contribution in [3.8, 4) is 5.75 Å². The van der Waals surface area contributed by atoms with Crippen LogP contribution >= 0.6 is 0 Å². The first-order valence-corrected chi connectivity index (χ1v) is 8.85. The van der Waals surface area contributed by atoms with Gasteiger partial charge in [-0.25, -0.2) is 0 Å². The largest absolute Gasteiger partial charge is 0.468 e. The topological polar surface area (TPSA) is 18.5 Å². The second kappa shape index (κ2) is 5.33. The zero-order valence-electron chi connectivity index (χ0n) is 10.0. The fourth-order valence-corrected chi connectivity index (χ4v) is 2.89. The molecule has 0 amide bonds. The molecule has 0 N–H and O–H groups in total. The van der Waals surface area contributed by atoms with Crippen LogP contribution in [-0.2, 0) is 4.74 Å². The van der Waals surface area contributed by atoms with Crippen LogP contribution < -0.4 is 9.92 Å². The van der Waals surface area contributed by atoms with Crippen molar-refractivity contribution in [1.29, 1.82) is 0 Å². The van der Waals surface area contributed by atoms with Gasteiger partial charge in [0.1, 0.15) is 5.75 Å². The van der Waals surface area contributed by atoms with E-state index in [-0.39, 0.29) is 0 Å². The normalized spacial score (nSPS) is 11.5. The molecule has 0 aliphatic rings. The minimum atomic E-state index is -1.32. The van der Waals surface area contributed by atoms with E-state index in [1.54, 1.807) is 0 Å². The summed E-state index contributed by atoms with van der Waals surface area (Å²) in [5.74, 6) is 0.977. The summed E-state index contributed by atoms with van der Waals surface area (Å²) >= 11 is 0. The first-order chi connectivity index (χ1) is 7.05. The van der Waals surface area contributed by atoms with Crippen molar-refractivity contribution in [2.75, 3.05) is 13.4 Å². The van der Waals surface area contributed by atoms with E-state index in [1.165, 1.54) is 5.19 Å². The van der Waals surface area contributed by atoms with Gasteiger partial charge in [0.2, 0.25) is 0 Å². The van der Waals surface area contributed by atoms with E-state index < -0.39 is 8.07 Å². The minimum Gasteiger partial charge on any atom is -0.468 e. The second-order valence-electron chi connectivity index (χ2n) is 4.50. The highest BCUT2D eigenvalue weighted by atomic mass is 28.3. The summed E-state index contributed by atoms with van der Waals surface area (Å²) < 4.78 is 10.8. The molecule has 2 nitrogen and oxygen atoms in total. The van der Waals surface area contributed by atoms with E-state index in [0.29, 0.717) is 13.4 Å². The predicted molar refractivity (Wildman–Crippen MR) is 66.5 cm³/mol. The average Bonchev–Trinajstić information content (AvgIpc) is 2.17. The van der Waals surface area contributed by atoms with Crippen LogP contribution in [0.2, 0.25) is 19.6 Å².